The van der Waals surface area contributed by atoms with Gasteiger partial charge in [0, 0.05) is 13.5 Å². The van der Waals surface area contributed by atoms with Gasteiger partial charge in [0.1, 0.15) is 12.7 Å². The van der Waals surface area contributed by atoms with Crippen molar-refractivity contribution >= 4 is 8.32 Å². The topological polar surface area (TPSA) is 47.9 Å². The second-order valence-corrected chi connectivity index (χ2v) is 10.8. The first-order valence-corrected chi connectivity index (χ1v) is 11.3. The molecule has 0 aliphatic heterocycles. The van der Waals surface area contributed by atoms with E-state index in [0.29, 0.717) is 26.2 Å². The fraction of sp³-hybridized carbons (Fsp3) is 0.556. The lowest BCUT2D eigenvalue weighted by atomic mass is 10.1. The van der Waals surface area contributed by atoms with Crippen molar-refractivity contribution in [2.24, 2.45) is 0 Å². The lowest BCUT2D eigenvalue weighted by Crippen LogP contribution is -2.38. The van der Waals surface area contributed by atoms with Crippen molar-refractivity contribution in [3.63, 3.8) is 0 Å². The molecule has 0 saturated heterocycles. The van der Waals surface area contributed by atoms with E-state index in [9.17, 15) is 5.11 Å². The van der Waals surface area contributed by atoms with Gasteiger partial charge in [-0.25, -0.2) is 0 Å². The number of ether oxygens (including phenoxy) is 2. The monoisotopic (exact) mass is 336 g/mol. The SMILES string of the molecule is COCC#CCC(O)C(CO[Si](C)(C)C)OCc1ccccc1. The lowest BCUT2D eigenvalue weighted by molar-refractivity contribution is -0.0650. The Balaban J connectivity index is 2.58. The molecule has 1 aromatic carbocycles. The van der Waals surface area contributed by atoms with Crippen LogP contribution in [0.5, 0.6) is 0 Å². The molecule has 1 aromatic rings. The number of hydrogen-bond donors (Lipinski definition) is 1. The molecule has 23 heavy (non-hydrogen) atoms. The van der Waals surface area contributed by atoms with E-state index in [-0.39, 0.29) is 0 Å². The van der Waals surface area contributed by atoms with Gasteiger partial charge in [0.2, 0.25) is 0 Å². The van der Waals surface area contributed by atoms with Crippen LogP contribution in [0.1, 0.15) is 12.0 Å². The molecule has 0 aliphatic carbocycles. The van der Waals surface area contributed by atoms with Crippen molar-refractivity contribution in [3.05, 3.63) is 35.9 Å². The van der Waals surface area contributed by atoms with E-state index in [4.69, 9.17) is 13.9 Å². The Morgan fingerprint density at radius 2 is 1.83 bits per heavy atom. The van der Waals surface area contributed by atoms with Crippen LogP contribution in [0.15, 0.2) is 30.3 Å². The minimum Gasteiger partial charge on any atom is -0.415 e. The summed E-state index contributed by atoms with van der Waals surface area (Å²) in [5.74, 6) is 5.76. The molecule has 0 heterocycles. The smallest absolute Gasteiger partial charge is 0.183 e. The van der Waals surface area contributed by atoms with Gasteiger partial charge in [-0.05, 0) is 25.2 Å². The van der Waals surface area contributed by atoms with E-state index in [1.165, 1.54) is 0 Å². The number of aliphatic hydroxyl groups excluding tert-OH is 1. The molecular formula is C18H28O4Si. The summed E-state index contributed by atoms with van der Waals surface area (Å²) in [5.41, 5.74) is 1.07. The molecule has 128 valence electrons. The molecule has 0 bridgehead atoms. The van der Waals surface area contributed by atoms with E-state index in [2.05, 4.69) is 31.5 Å². The third-order valence-electron chi connectivity index (χ3n) is 3.07. The summed E-state index contributed by atoms with van der Waals surface area (Å²) in [6, 6.07) is 9.91. The third-order valence-corrected chi connectivity index (χ3v) is 4.10. The van der Waals surface area contributed by atoms with Crippen LogP contribution in [0.3, 0.4) is 0 Å². The Labute approximate surface area is 140 Å². The van der Waals surface area contributed by atoms with Gasteiger partial charge in [-0.2, -0.15) is 0 Å². The summed E-state index contributed by atoms with van der Waals surface area (Å²) in [4.78, 5) is 0. The number of rotatable bonds is 9. The highest BCUT2D eigenvalue weighted by Gasteiger charge is 2.23. The van der Waals surface area contributed by atoms with Crippen LogP contribution in [0.4, 0.5) is 0 Å². The fourth-order valence-corrected chi connectivity index (χ4v) is 2.48. The number of methoxy groups -OCH3 is 1. The molecule has 0 radical (unpaired) electrons. The van der Waals surface area contributed by atoms with Gasteiger partial charge >= 0.3 is 0 Å². The molecule has 0 amide bonds. The molecule has 2 atom stereocenters. The second-order valence-electron chi connectivity index (χ2n) is 6.32. The Hall–Kier alpha value is -1.16. The Morgan fingerprint density at radius 1 is 1.13 bits per heavy atom. The highest BCUT2D eigenvalue weighted by molar-refractivity contribution is 6.69. The molecule has 2 unspecified atom stereocenters. The van der Waals surface area contributed by atoms with Crippen molar-refractivity contribution in [1.82, 2.24) is 0 Å². The average Bonchev–Trinajstić information content (AvgIpc) is 2.51. The summed E-state index contributed by atoms with van der Waals surface area (Å²) in [7, 11) is -0.0693. The number of hydrogen-bond acceptors (Lipinski definition) is 4. The van der Waals surface area contributed by atoms with Crippen LogP contribution in [-0.2, 0) is 20.5 Å². The minimum absolute atomic E-state index is 0.345. The van der Waals surface area contributed by atoms with Gasteiger partial charge in [0.15, 0.2) is 8.32 Å². The largest absolute Gasteiger partial charge is 0.415 e. The van der Waals surface area contributed by atoms with Gasteiger partial charge in [0.05, 0.1) is 19.3 Å². The maximum Gasteiger partial charge on any atom is 0.183 e. The first-order valence-electron chi connectivity index (χ1n) is 7.84. The van der Waals surface area contributed by atoms with Crippen molar-refractivity contribution in [3.8, 4) is 11.8 Å². The highest BCUT2D eigenvalue weighted by atomic mass is 28.4. The third kappa shape index (κ3) is 9.54. The number of benzene rings is 1. The van der Waals surface area contributed by atoms with Crippen molar-refractivity contribution in [2.45, 2.75) is 44.9 Å². The van der Waals surface area contributed by atoms with E-state index in [0.717, 1.165) is 5.56 Å². The fourth-order valence-electron chi connectivity index (χ4n) is 1.81. The van der Waals surface area contributed by atoms with Gasteiger partial charge in [-0.3, -0.25) is 0 Å². The van der Waals surface area contributed by atoms with Gasteiger partial charge in [-0.1, -0.05) is 42.2 Å². The predicted molar refractivity (Wildman–Crippen MR) is 94.6 cm³/mol. The van der Waals surface area contributed by atoms with Crippen molar-refractivity contribution < 1.29 is 19.0 Å². The molecular weight excluding hydrogens is 308 g/mol. The summed E-state index contributed by atoms with van der Waals surface area (Å²) in [5, 5.41) is 10.4. The minimum atomic E-state index is -1.67. The van der Waals surface area contributed by atoms with Gasteiger partial charge < -0.3 is 19.0 Å². The standard InChI is InChI=1S/C18H28O4Si/c1-20-13-9-8-12-17(19)18(15-22-23(2,3)4)21-14-16-10-6-5-7-11-16/h5-7,10-11,17-19H,12-15H2,1-4H3. The first-order chi connectivity index (χ1) is 10.9. The molecule has 0 aromatic heterocycles. The van der Waals surface area contributed by atoms with E-state index in [1.807, 2.05) is 30.3 Å². The van der Waals surface area contributed by atoms with E-state index >= 15 is 0 Å². The predicted octanol–water partition coefficient (Wildman–Crippen LogP) is 2.82. The second kappa shape index (κ2) is 10.6. The molecule has 0 aliphatic rings. The molecule has 0 fully saturated rings. The Morgan fingerprint density at radius 3 is 2.43 bits per heavy atom. The van der Waals surface area contributed by atoms with Crippen LogP contribution < -0.4 is 0 Å². The maximum atomic E-state index is 10.4. The molecule has 0 saturated carbocycles. The quantitative estimate of drug-likeness (QED) is 0.556. The Kier molecular flexibility index (Phi) is 9.15. The average molecular weight is 337 g/mol. The van der Waals surface area contributed by atoms with Crippen LogP contribution in [0.2, 0.25) is 19.6 Å². The van der Waals surface area contributed by atoms with Crippen LogP contribution in [0, 0.1) is 11.8 Å². The van der Waals surface area contributed by atoms with Crippen molar-refractivity contribution in [2.75, 3.05) is 20.3 Å². The molecule has 5 heteroatoms. The van der Waals surface area contributed by atoms with Crippen LogP contribution in [0.25, 0.3) is 0 Å². The van der Waals surface area contributed by atoms with Crippen molar-refractivity contribution in [1.29, 1.82) is 0 Å². The molecule has 4 nitrogen and oxygen atoms in total. The zero-order valence-electron chi connectivity index (χ0n) is 14.5. The zero-order chi connectivity index (χ0) is 17.1. The van der Waals surface area contributed by atoms with Crippen LogP contribution in [-0.4, -0.2) is 46.0 Å². The molecule has 1 N–H and O–H groups in total. The normalized spacial score (nSPS) is 14.0. The summed E-state index contributed by atoms with van der Waals surface area (Å²) >= 11 is 0. The van der Waals surface area contributed by atoms with E-state index in [1.54, 1.807) is 7.11 Å². The first kappa shape index (κ1) is 19.9. The summed E-state index contributed by atoms with van der Waals surface area (Å²) in [6.07, 6.45) is -0.726. The van der Waals surface area contributed by atoms with Gasteiger partial charge in [0.25, 0.3) is 0 Å². The molecule has 1 rings (SSSR count). The van der Waals surface area contributed by atoms with E-state index < -0.39 is 20.5 Å². The maximum absolute atomic E-state index is 10.4. The number of aliphatic hydroxyl groups is 1. The zero-order valence-corrected chi connectivity index (χ0v) is 15.5. The highest BCUT2D eigenvalue weighted by Crippen LogP contribution is 2.12. The lowest BCUT2D eigenvalue weighted by Gasteiger charge is -2.26. The Bertz CT molecular complexity index is 487. The van der Waals surface area contributed by atoms with Gasteiger partial charge in [-0.15, -0.1) is 0 Å². The molecule has 0 spiro atoms. The summed E-state index contributed by atoms with van der Waals surface area (Å²) in [6.45, 7) is 7.55. The summed E-state index contributed by atoms with van der Waals surface area (Å²) < 4.78 is 16.7. The van der Waals surface area contributed by atoms with Crippen LogP contribution >= 0.6 is 0 Å².